The van der Waals surface area contributed by atoms with Gasteiger partial charge in [0.2, 0.25) is 0 Å². The highest BCUT2D eigenvalue weighted by molar-refractivity contribution is 5.74. The van der Waals surface area contributed by atoms with Gasteiger partial charge in [-0.1, -0.05) is 30.3 Å². The van der Waals surface area contributed by atoms with Gasteiger partial charge in [-0.15, -0.1) is 0 Å². The van der Waals surface area contributed by atoms with Crippen molar-refractivity contribution < 1.29 is 19.1 Å². The Morgan fingerprint density at radius 2 is 2.11 bits per heavy atom. The molecule has 1 saturated heterocycles. The Bertz CT molecular complexity index is 432. The minimum absolute atomic E-state index is 0.0761. The monoisotopic (exact) mass is 249 g/mol. The molecule has 0 spiro atoms. The molecule has 1 fully saturated rings. The summed E-state index contributed by atoms with van der Waals surface area (Å²) in [5, 5.41) is 2.71. The maximum absolute atomic E-state index is 11.2. The third-order valence-electron chi connectivity index (χ3n) is 2.90. The summed E-state index contributed by atoms with van der Waals surface area (Å²) >= 11 is 0. The number of alkyl carbamates (subject to hydrolysis) is 1. The molecule has 0 aliphatic carbocycles. The van der Waals surface area contributed by atoms with Crippen LogP contribution in [0.5, 0.6) is 0 Å². The van der Waals surface area contributed by atoms with Gasteiger partial charge in [-0.05, 0) is 12.0 Å². The smallest absolute Gasteiger partial charge is 0.407 e. The van der Waals surface area contributed by atoms with Crippen LogP contribution in [0.1, 0.15) is 12.0 Å². The van der Waals surface area contributed by atoms with Crippen LogP contribution >= 0.6 is 0 Å². The van der Waals surface area contributed by atoms with E-state index >= 15 is 0 Å². The zero-order valence-electron chi connectivity index (χ0n) is 10.1. The minimum atomic E-state index is -0.482. The Kier molecular flexibility index (Phi) is 3.82. The van der Waals surface area contributed by atoms with Gasteiger partial charge in [-0.3, -0.25) is 4.79 Å². The number of methoxy groups -OCH3 is 1. The Hall–Kier alpha value is -2.04. The molecule has 0 unspecified atom stereocenters. The molecule has 18 heavy (non-hydrogen) atoms. The van der Waals surface area contributed by atoms with Crippen LogP contribution in [0.15, 0.2) is 30.3 Å². The number of ether oxygens (including phenoxy) is 2. The van der Waals surface area contributed by atoms with Gasteiger partial charge >= 0.3 is 12.1 Å². The number of nitrogens with one attached hydrogen (secondary N) is 1. The van der Waals surface area contributed by atoms with Crippen LogP contribution in [-0.4, -0.2) is 31.3 Å². The van der Waals surface area contributed by atoms with Gasteiger partial charge in [0.1, 0.15) is 6.10 Å². The van der Waals surface area contributed by atoms with Crippen molar-refractivity contribution in [1.29, 1.82) is 0 Å². The van der Waals surface area contributed by atoms with Crippen molar-refractivity contribution in [2.75, 3.05) is 7.11 Å². The summed E-state index contributed by atoms with van der Waals surface area (Å²) in [5.74, 6) is -0.380. The van der Waals surface area contributed by atoms with Gasteiger partial charge in [0, 0.05) is 0 Å². The molecule has 0 radical (unpaired) electrons. The minimum Gasteiger partial charge on any atom is -0.469 e. The fourth-order valence-electron chi connectivity index (χ4n) is 1.98. The molecule has 2 rings (SSSR count). The van der Waals surface area contributed by atoms with Crippen LogP contribution in [0.25, 0.3) is 0 Å². The first-order valence-electron chi connectivity index (χ1n) is 5.77. The Morgan fingerprint density at radius 1 is 1.39 bits per heavy atom. The molecule has 2 atom stereocenters. The first-order chi connectivity index (χ1) is 8.69. The predicted octanol–water partition coefficient (Wildman–Crippen LogP) is 1.27. The van der Waals surface area contributed by atoms with Crippen LogP contribution in [-0.2, 0) is 20.7 Å². The normalized spacial score (nSPS) is 22.2. The lowest BCUT2D eigenvalue weighted by molar-refractivity contribution is -0.142. The number of amides is 1. The molecule has 96 valence electrons. The Balaban J connectivity index is 2.01. The van der Waals surface area contributed by atoms with Crippen LogP contribution in [0.2, 0.25) is 0 Å². The Morgan fingerprint density at radius 3 is 2.78 bits per heavy atom. The van der Waals surface area contributed by atoms with E-state index in [0.29, 0.717) is 6.42 Å². The second-order valence-electron chi connectivity index (χ2n) is 4.16. The lowest BCUT2D eigenvalue weighted by Gasteiger charge is -2.15. The first-order valence-corrected chi connectivity index (χ1v) is 5.77. The lowest BCUT2D eigenvalue weighted by atomic mass is 10.0. The number of hydrogen-bond donors (Lipinski definition) is 1. The van der Waals surface area contributed by atoms with Crippen LogP contribution < -0.4 is 5.32 Å². The highest BCUT2D eigenvalue weighted by atomic mass is 16.6. The number of hydrogen-bond acceptors (Lipinski definition) is 4. The summed E-state index contributed by atoms with van der Waals surface area (Å²) in [6.45, 7) is 0. The van der Waals surface area contributed by atoms with E-state index in [2.05, 4.69) is 10.1 Å². The molecule has 5 heteroatoms. The summed E-state index contributed by atoms with van der Waals surface area (Å²) < 4.78 is 9.66. The fraction of sp³-hybridized carbons (Fsp3) is 0.385. The third-order valence-corrected chi connectivity index (χ3v) is 2.90. The molecular weight excluding hydrogens is 234 g/mol. The number of esters is 1. The van der Waals surface area contributed by atoms with E-state index in [1.54, 1.807) is 0 Å². The van der Waals surface area contributed by atoms with E-state index in [1.165, 1.54) is 7.11 Å². The summed E-state index contributed by atoms with van der Waals surface area (Å²) in [7, 11) is 1.32. The topological polar surface area (TPSA) is 64.6 Å². The van der Waals surface area contributed by atoms with Crippen molar-refractivity contribution in [1.82, 2.24) is 5.32 Å². The van der Waals surface area contributed by atoms with E-state index < -0.39 is 12.2 Å². The maximum Gasteiger partial charge on any atom is 0.407 e. The van der Waals surface area contributed by atoms with E-state index in [9.17, 15) is 9.59 Å². The van der Waals surface area contributed by atoms with Crippen molar-refractivity contribution in [3.8, 4) is 0 Å². The molecule has 1 amide bonds. The highest BCUT2D eigenvalue weighted by Crippen LogP contribution is 2.17. The van der Waals surface area contributed by atoms with Crippen molar-refractivity contribution in [3.05, 3.63) is 35.9 Å². The molecular formula is C13H15NO4. The molecule has 0 aromatic heterocycles. The molecule has 1 heterocycles. The van der Waals surface area contributed by atoms with E-state index in [-0.39, 0.29) is 18.4 Å². The molecule has 5 nitrogen and oxygen atoms in total. The Labute approximate surface area is 105 Å². The highest BCUT2D eigenvalue weighted by Gasteiger charge is 2.35. The average Bonchev–Trinajstić information content (AvgIpc) is 2.70. The van der Waals surface area contributed by atoms with Crippen LogP contribution in [0.3, 0.4) is 0 Å². The second-order valence-corrected chi connectivity index (χ2v) is 4.16. The molecule has 0 bridgehead atoms. The summed E-state index contributed by atoms with van der Waals surface area (Å²) in [6.07, 6.45) is -0.240. The quantitative estimate of drug-likeness (QED) is 0.816. The van der Waals surface area contributed by atoms with Gasteiger partial charge in [0.15, 0.2) is 0 Å². The molecule has 1 aromatic carbocycles. The summed E-state index contributed by atoms with van der Waals surface area (Å²) in [5.41, 5.74) is 1.09. The average molecular weight is 249 g/mol. The van der Waals surface area contributed by atoms with Crippen LogP contribution in [0, 0.1) is 0 Å². The zero-order valence-corrected chi connectivity index (χ0v) is 10.1. The summed E-state index contributed by atoms with van der Waals surface area (Å²) in [4.78, 5) is 22.5. The van der Waals surface area contributed by atoms with Gasteiger partial charge in [-0.25, -0.2) is 4.79 Å². The number of cyclic esters (lactones) is 1. The van der Waals surface area contributed by atoms with Gasteiger partial charge in [-0.2, -0.15) is 0 Å². The van der Waals surface area contributed by atoms with Gasteiger partial charge in [0.25, 0.3) is 0 Å². The SMILES string of the molecule is COC(=O)C[C@H]1OC(=O)N[C@H]1Cc1ccccc1. The number of carbonyl (C=O) groups is 2. The number of benzene rings is 1. The van der Waals surface area contributed by atoms with Crippen molar-refractivity contribution in [2.45, 2.75) is 25.0 Å². The standard InChI is InChI=1S/C13H15NO4/c1-17-12(15)8-11-10(14-13(16)18-11)7-9-5-3-2-4-6-9/h2-6,10-11H,7-8H2,1H3,(H,14,16)/t10-,11+/m0/s1. The molecule has 1 aromatic rings. The van der Waals surface area contributed by atoms with Crippen molar-refractivity contribution in [2.24, 2.45) is 0 Å². The first kappa shape index (κ1) is 12.4. The van der Waals surface area contributed by atoms with E-state index in [1.807, 2.05) is 30.3 Å². The molecule has 1 N–H and O–H groups in total. The fourth-order valence-corrected chi connectivity index (χ4v) is 1.98. The lowest BCUT2D eigenvalue weighted by Crippen LogP contribution is -2.35. The van der Waals surface area contributed by atoms with Crippen LogP contribution in [0.4, 0.5) is 4.79 Å². The van der Waals surface area contributed by atoms with E-state index in [4.69, 9.17) is 4.74 Å². The third kappa shape index (κ3) is 3.00. The predicted molar refractivity (Wildman–Crippen MR) is 64.0 cm³/mol. The molecule has 1 aliphatic rings. The number of rotatable bonds is 4. The van der Waals surface area contributed by atoms with E-state index in [0.717, 1.165) is 5.56 Å². The van der Waals surface area contributed by atoms with Crippen molar-refractivity contribution in [3.63, 3.8) is 0 Å². The molecule has 0 saturated carbocycles. The second kappa shape index (κ2) is 5.53. The zero-order chi connectivity index (χ0) is 13.0. The van der Waals surface area contributed by atoms with Crippen molar-refractivity contribution >= 4 is 12.1 Å². The van der Waals surface area contributed by atoms with Gasteiger partial charge < -0.3 is 14.8 Å². The molecule has 1 aliphatic heterocycles. The maximum atomic E-state index is 11.2. The summed E-state index contributed by atoms with van der Waals surface area (Å²) in [6, 6.07) is 9.54. The number of carbonyl (C=O) groups excluding carboxylic acids is 2. The largest absolute Gasteiger partial charge is 0.469 e. The van der Waals surface area contributed by atoms with Gasteiger partial charge in [0.05, 0.1) is 19.6 Å².